The van der Waals surface area contributed by atoms with E-state index in [1.807, 2.05) is 29.2 Å². The van der Waals surface area contributed by atoms with Gasteiger partial charge in [-0.3, -0.25) is 0 Å². The fourth-order valence-electron chi connectivity index (χ4n) is 1.15. The maximum Gasteiger partial charge on any atom is 0.131 e. The Morgan fingerprint density at radius 1 is 1.29 bits per heavy atom. The summed E-state index contributed by atoms with van der Waals surface area (Å²) in [5.41, 5.74) is 0. The minimum atomic E-state index is 0.501. The molecule has 1 aromatic heterocycles. The van der Waals surface area contributed by atoms with Crippen LogP contribution in [0, 0.1) is 0 Å². The van der Waals surface area contributed by atoms with Gasteiger partial charge in [-0.1, -0.05) is 29.8 Å². The van der Waals surface area contributed by atoms with Crippen LogP contribution in [-0.4, -0.2) is 18.1 Å². The largest absolute Gasteiger partial charge is 0.349 e. The summed E-state index contributed by atoms with van der Waals surface area (Å²) in [5.74, 6) is 0.845. The summed E-state index contributed by atoms with van der Waals surface area (Å²) < 4.78 is 0. The van der Waals surface area contributed by atoms with Crippen LogP contribution in [0.1, 0.15) is 0 Å². The molecule has 0 amide bonds. The highest BCUT2D eigenvalue weighted by Crippen LogP contribution is 2.14. The quantitative estimate of drug-likeness (QED) is 0.547. The van der Waals surface area contributed by atoms with E-state index in [1.165, 1.54) is 0 Å². The summed E-state index contributed by atoms with van der Waals surface area (Å²) in [7, 11) is 0. The number of aromatic nitrogens is 1. The molecule has 1 heterocycles. The summed E-state index contributed by atoms with van der Waals surface area (Å²) >= 11 is 5.80. The topological polar surface area (TPSA) is 16.1 Å². The third-order valence-electron chi connectivity index (χ3n) is 1.72. The Morgan fingerprint density at radius 3 is 2.43 bits per heavy atom. The van der Waals surface area contributed by atoms with Gasteiger partial charge in [-0.15, -0.1) is 13.2 Å². The van der Waals surface area contributed by atoms with E-state index in [-0.39, 0.29) is 0 Å². The molecule has 0 atom stereocenters. The molecule has 0 aliphatic rings. The smallest absolute Gasteiger partial charge is 0.131 e. The summed E-state index contributed by atoms with van der Waals surface area (Å²) in [5, 5.41) is 0.501. The lowest BCUT2D eigenvalue weighted by Crippen LogP contribution is -2.23. The molecular weight excluding hydrogens is 196 g/mol. The maximum atomic E-state index is 5.80. The predicted molar refractivity (Wildman–Crippen MR) is 61.9 cm³/mol. The van der Waals surface area contributed by atoms with Gasteiger partial charge in [-0.2, -0.15) is 0 Å². The van der Waals surface area contributed by atoms with E-state index in [0.717, 1.165) is 18.9 Å². The lowest BCUT2D eigenvalue weighted by molar-refractivity contribution is 0.927. The Kier molecular flexibility index (Phi) is 4.20. The summed E-state index contributed by atoms with van der Waals surface area (Å²) in [6, 6.07) is 5.55. The van der Waals surface area contributed by atoms with Crippen molar-refractivity contribution in [3.63, 3.8) is 0 Å². The SMILES string of the molecule is C=CCN(CC=C)c1cccc(Cl)n1. The first-order valence-electron chi connectivity index (χ1n) is 4.37. The molecule has 0 unspecified atom stereocenters. The minimum absolute atomic E-state index is 0.501. The van der Waals surface area contributed by atoms with Crippen molar-refractivity contribution in [3.8, 4) is 0 Å². The van der Waals surface area contributed by atoms with Gasteiger partial charge in [0.05, 0.1) is 0 Å². The average Bonchev–Trinajstić information content (AvgIpc) is 2.17. The van der Waals surface area contributed by atoms with Crippen molar-refractivity contribution in [1.82, 2.24) is 4.98 Å². The van der Waals surface area contributed by atoms with E-state index >= 15 is 0 Å². The van der Waals surface area contributed by atoms with Crippen LogP contribution < -0.4 is 4.90 Å². The number of hydrogen-bond acceptors (Lipinski definition) is 2. The van der Waals surface area contributed by atoms with E-state index < -0.39 is 0 Å². The summed E-state index contributed by atoms with van der Waals surface area (Å²) in [4.78, 5) is 6.24. The Morgan fingerprint density at radius 2 is 1.93 bits per heavy atom. The van der Waals surface area contributed by atoms with E-state index in [2.05, 4.69) is 18.1 Å². The molecule has 2 nitrogen and oxygen atoms in total. The highest BCUT2D eigenvalue weighted by atomic mass is 35.5. The second-order valence-corrected chi connectivity index (χ2v) is 3.19. The fraction of sp³-hybridized carbons (Fsp3) is 0.182. The van der Waals surface area contributed by atoms with Crippen molar-refractivity contribution in [2.45, 2.75) is 0 Å². The van der Waals surface area contributed by atoms with Crippen LogP contribution in [0.25, 0.3) is 0 Å². The molecule has 0 aliphatic carbocycles. The number of rotatable bonds is 5. The van der Waals surface area contributed by atoms with Gasteiger partial charge in [0.15, 0.2) is 0 Å². The van der Waals surface area contributed by atoms with Crippen molar-refractivity contribution in [2.75, 3.05) is 18.0 Å². The van der Waals surface area contributed by atoms with E-state index in [1.54, 1.807) is 6.07 Å². The molecule has 0 aromatic carbocycles. The van der Waals surface area contributed by atoms with E-state index in [9.17, 15) is 0 Å². The molecule has 0 saturated heterocycles. The van der Waals surface area contributed by atoms with Crippen molar-refractivity contribution >= 4 is 17.4 Å². The summed E-state index contributed by atoms with van der Waals surface area (Å²) in [6.45, 7) is 8.86. The highest BCUT2D eigenvalue weighted by molar-refractivity contribution is 6.29. The molecule has 1 aromatic rings. The van der Waals surface area contributed by atoms with Crippen LogP contribution >= 0.6 is 11.6 Å². The van der Waals surface area contributed by atoms with Crippen molar-refractivity contribution in [3.05, 3.63) is 48.7 Å². The third-order valence-corrected chi connectivity index (χ3v) is 1.93. The zero-order valence-corrected chi connectivity index (χ0v) is 8.74. The first kappa shape index (κ1) is 10.8. The second-order valence-electron chi connectivity index (χ2n) is 2.80. The zero-order valence-electron chi connectivity index (χ0n) is 7.99. The zero-order chi connectivity index (χ0) is 10.4. The van der Waals surface area contributed by atoms with Gasteiger partial charge in [0, 0.05) is 13.1 Å². The molecule has 1 rings (SSSR count). The first-order chi connectivity index (χ1) is 6.77. The highest BCUT2D eigenvalue weighted by Gasteiger charge is 2.03. The second kappa shape index (κ2) is 5.45. The molecule has 3 heteroatoms. The molecule has 0 aliphatic heterocycles. The van der Waals surface area contributed by atoms with Gasteiger partial charge in [0.2, 0.25) is 0 Å². The molecule has 74 valence electrons. The molecule has 0 fully saturated rings. The minimum Gasteiger partial charge on any atom is -0.349 e. The summed E-state index contributed by atoms with van der Waals surface area (Å²) in [6.07, 6.45) is 3.65. The van der Waals surface area contributed by atoms with Gasteiger partial charge in [-0.25, -0.2) is 4.98 Å². The molecule has 0 N–H and O–H groups in total. The standard InChI is InChI=1S/C11H13ClN2/c1-3-8-14(9-4-2)11-7-5-6-10(12)13-11/h3-7H,1-2,8-9H2. The number of nitrogens with zero attached hydrogens (tertiary/aromatic N) is 2. The molecule has 0 saturated carbocycles. The van der Waals surface area contributed by atoms with Crippen LogP contribution in [-0.2, 0) is 0 Å². The Balaban J connectivity index is 2.85. The number of hydrogen-bond donors (Lipinski definition) is 0. The van der Waals surface area contributed by atoms with Crippen LogP contribution in [0.5, 0.6) is 0 Å². The van der Waals surface area contributed by atoms with Crippen molar-refractivity contribution in [1.29, 1.82) is 0 Å². The third kappa shape index (κ3) is 2.89. The molecule has 0 radical (unpaired) electrons. The van der Waals surface area contributed by atoms with Crippen LogP contribution in [0.15, 0.2) is 43.5 Å². The number of halogens is 1. The van der Waals surface area contributed by atoms with E-state index in [0.29, 0.717) is 5.15 Å². The fourth-order valence-corrected chi connectivity index (χ4v) is 1.31. The van der Waals surface area contributed by atoms with E-state index in [4.69, 9.17) is 11.6 Å². The van der Waals surface area contributed by atoms with Gasteiger partial charge in [0.25, 0.3) is 0 Å². The van der Waals surface area contributed by atoms with Crippen molar-refractivity contribution < 1.29 is 0 Å². The van der Waals surface area contributed by atoms with Gasteiger partial charge in [-0.05, 0) is 12.1 Å². The lowest BCUT2D eigenvalue weighted by Gasteiger charge is -2.20. The molecule has 0 bridgehead atoms. The Bertz CT molecular complexity index is 313. The van der Waals surface area contributed by atoms with Gasteiger partial charge >= 0.3 is 0 Å². The van der Waals surface area contributed by atoms with Crippen LogP contribution in [0.2, 0.25) is 5.15 Å². The predicted octanol–water partition coefficient (Wildman–Crippen LogP) is 2.91. The monoisotopic (exact) mass is 208 g/mol. The van der Waals surface area contributed by atoms with Gasteiger partial charge in [0.1, 0.15) is 11.0 Å². The number of pyridine rings is 1. The van der Waals surface area contributed by atoms with Crippen LogP contribution in [0.3, 0.4) is 0 Å². The maximum absolute atomic E-state index is 5.80. The molecule has 14 heavy (non-hydrogen) atoms. The Labute approximate surface area is 89.5 Å². The van der Waals surface area contributed by atoms with Crippen LogP contribution in [0.4, 0.5) is 5.82 Å². The molecule has 0 spiro atoms. The van der Waals surface area contributed by atoms with Gasteiger partial charge < -0.3 is 4.90 Å². The Hall–Kier alpha value is -1.28. The van der Waals surface area contributed by atoms with Crippen molar-refractivity contribution in [2.24, 2.45) is 0 Å². The normalized spacial score (nSPS) is 9.50. The average molecular weight is 209 g/mol. The number of anilines is 1. The lowest BCUT2D eigenvalue weighted by atomic mass is 10.4. The molecular formula is C11H13ClN2. The first-order valence-corrected chi connectivity index (χ1v) is 4.75.